The van der Waals surface area contributed by atoms with Gasteiger partial charge in [-0.05, 0) is 109 Å². The smallest absolute Gasteiger partial charge is 0.251 e. The first-order valence-corrected chi connectivity index (χ1v) is 19.2. The van der Waals surface area contributed by atoms with Crippen LogP contribution in [0.2, 0.25) is 0 Å². The summed E-state index contributed by atoms with van der Waals surface area (Å²) in [4.78, 5) is 21.2. The van der Waals surface area contributed by atoms with Crippen molar-refractivity contribution < 1.29 is 18.5 Å². The third-order valence-corrected chi connectivity index (χ3v) is 10.3. The highest BCUT2D eigenvalue weighted by molar-refractivity contribution is 7.84. The number of aromatic nitrogens is 2. The Balaban J connectivity index is 1.14. The zero-order chi connectivity index (χ0) is 35.7. The number of nitrogens with one attached hydrogen (secondary N) is 1. The Bertz CT molecular complexity index is 2000. The van der Waals surface area contributed by atoms with Gasteiger partial charge in [0.05, 0.1) is 35.1 Å². The van der Waals surface area contributed by atoms with Crippen LogP contribution in [0.5, 0.6) is 5.75 Å². The van der Waals surface area contributed by atoms with E-state index >= 15 is 0 Å². The predicted molar refractivity (Wildman–Crippen MR) is 208 cm³/mol. The van der Waals surface area contributed by atoms with Crippen molar-refractivity contribution in [3.8, 4) is 16.9 Å². The lowest BCUT2D eigenvalue weighted by molar-refractivity contribution is -0.112. The molecule has 5 aromatic rings. The first-order chi connectivity index (χ1) is 24.8. The van der Waals surface area contributed by atoms with E-state index in [-0.39, 0.29) is 5.91 Å². The summed E-state index contributed by atoms with van der Waals surface area (Å²) in [5, 5.41) is 3.09. The Morgan fingerprint density at radius 3 is 2.51 bits per heavy atom. The third kappa shape index (κ3) is 9.34. The predicted octanol–water partition coefficient (Wildman–Crippen LogP) is 8.70. The highest BCUT2D eigenvalue weighted by Gasteiger charge is 2.21. The van der Waals surface area contributed by atoms with Crippen LogP contribution < -0.4 is 15.0 Å². The lowest BCUT2D eigenvalue weighted by atomic mass is 10.00. The van der Waals surface area contributed by atoms with Crippen LogP contribution in [-0.2, 0) is 26.1 Å². The molecule has 1 aliphatic heterocycles. The van der Waals surface area contributed by atoms with Crippen molar-refractivity contribution in [3.63, 3.8) is 0 Å². The highest BCUT2D eigenvalue weighted by atomic mass is 32.2. The summed E-state index contributed by atoms with van der Waals surface area (Å²) in [5.41, 5.74) is 8.54. The maximum Gasteiger partial charge on any atom is 0.251 e. The molecule has 1 aliphatic rings. The monoisotopic (exact) mass is 704 g/mol. The molecule has 9 heteroatoms. The molecule has 0 aliphatic carbocycles. The minimum atomic E-state index is -1.26. The molecule has 1 N–H and O–H groups in total. The molecule has 266 valence electrons. The molecule has 8 nitrogen and oxygen atoms in total. The van der Waals surface area contributed by atoms with E-state index in [1.807, 2.05) is 72.1 Å². The number of fused-ring (bicyclic) bond motifs is 2. The highest BCUT2D eigenvalue weighted by Crippen LogP contribution is 2.34. The van der Waals surface area contributed by atoms with Gasteiger partial charge in [0.1, 0.15) is 18.0 Å². The van der Waals surface area contributed by atoms with Crippen LogP contribution in [0.25, 0.3) is 22.9 Å². The Morgan fingerprint density at radius 2 is 1.75 bits per heavy atom. The van der Waals surface area contributed by atoms with Crippen LogP contribution in [-0.4, -0.2) is 52.4 Å². The van der Waals surface area contributed by atoms with Crippen LogP contribution in [0.1, 0.15) is 56.9 Å². The van der Waals surface area contributed by atoms with Crippen LogP contribution in [0, 0.1) is 12.8 Å². The molecule has 0 bridgehead atoms. The molecule has 51 heavy (non-hydrogen) atoms. The Labute approximate surface area is 304 Å². The van der Waals surface area contributed by atoms with Crippen LogP contribution in [0.3, 0.4) is 0 Å². The van der Waals surface area contributed by atoms with Gasteiger partial charge in [-0.25, -0.2) is 4.98 Å². The molecule has 0 saturated heterocycles. The van der Waals surface area contributed by atoms with Gasteiger partial charge in [0.25, 0.3) is 5.91 Å². The standard InChI is InChI=1S/C42H48N4O4S/c1-5-6-21-49-22-23-50-38-13-8-32(9-14-38)33-10-17-40-35(24-33)25-34(19-20-45(40)27-30(2)3)42(47)44-36-11-15-39(16-12-36)51(48)29-37-26-43-41-18-7-31(4)28-46(37)41/h7-18,24-26,28,30H,5-6,19-23,27,29H2,1-4H3,(H,44,47). The van der Waals surface area contributed by atoms with Gasteiger partial charge >= 0.3 is 0 Å². The number of nitrogens with zero attached hydrogens (tertiary/aromatic N) is 3. The molecule has 3 heterocycles. The van der Waals surface area contributed by atoms with Gasteiger partial charge in [-0.1, -0.05) is 51.5 Å². The number of hydrogen-bond acceptors (Lipinski definition) is 6. The molecule has 6 rings (SSSR count). The number of amides is 1. The summed E-state index contributed by atoms with van der Waals surface area (Å²) in [6, 6.07) is 25.9. The van der Waals surface area contributed by atoms with Crippen molar-refractivity contribution in [1.29, 1.82) is 0 Å². The number of anilines is 2. The maximum absolute atomic E-state index is 13.7. The molecule has 1 amide bonds. The van der Waals surface area contributed by atoms with Crippen LogP contribution in [0.4, 0.5) is 11.4 Å². The van der Waals surface area contributed by atoms with Crippen LogP contribution >= 0.6 is 0 Å². The number of rotatable bonds is 15. The van der Waals surface area contributed by atoms with Gasteiger partial charge in [0.15, 0.2) is 0 Å². The fourth-order valence-electron chi connectivity index (χ4n) is 6.26. The summed E-state index contributed by atoms with van der Waals surface area (Å²) in [5.74, 6) is 1.51. The number of aryl methyl sites for hydroxylation is 1. The van der Waals surface area contributed by atoms with E-state index in [2.05, 4.69) is 66.3 Å². The summed E-state index contributed by atoms with van der Waals surface area (Å²) < 4.78 is 26.7. The molecule has 1 atom stereocenters. The Morgan fingerprint density at radius 1 is 0.961 bits per heavy atom. The van der Waals surface area contributed by atoms with E-state index in [1.54, 1.807) is 6.20 Å². The molecule has 0 fully saturated rings. The molecule has 0 radical (unpaired) electrons. The fourth-order valence-corrected chi connectivity index (χ4v) is 7.35. The zero-order valence-electron chi connectivity index (χ0n) is 30.1. The summed E-state index contributed by atoms with van der Waals surface area (Å²) >= 11 is 0. The van der Waals surface area contributed by atoms with Crippen LogP contribution in [0.15, 0.2) is 102 Å². The second kappa shape index (κ2) is 17.0. The zero-order valence-corrected chi connectivity index (χ0v) is 30.9. The third-order valence-electron chi connectivity index (χ3n) is 8.94. The average molecular weight is 705 g/mol. The van der Waals surface area contributed by atoms with E-state index in [4.69, 9.17) is 9.47 Å². The minimum Gasteiger partial charge on any atom is -0.491 e. The number of ether oxygens (including phenoxy) is 2. The number of pyridine rings is 1. The number of carbonyl (C=O) groups excluding carboxylic acids is 1. The fraction of sp³-hybridized carbons (Fsp3) is 0.333. The maximum atomic E-state index is 13.7. The number of unbranched alkanes of at least 4 members (excludes halogenated alkanes) is 1. The molecule has 1 unspecified atom stereocenters. The summed E-state index contributed by atoms with van der Waals surface area (Å²) in [6.45, 7) is 12.1. The second-order valence-corrected chi connectivity index (χ2v) is 15.0. The van der Waals surface area contributed by atoms with Gasteiger partial charge in [-0.3, -0.25) is 9.00 Å². The Kier molecular flexibility index (Phi) is 12.0. The molecule has 2 aromatic heterocycles. The molecular weight excluding hydrogens is 657 g/mol. The number of benzene rings is 3. The van der Waals surface area contributed by atoms with Crippen molar-refractivity contribution in [2.45, 2.75) is 57.6 Å². The van der Waals surface area contributed by atoms with Gasteiger partial charge in [-0.2, -0.15) is 0 Å². The number of hydrogen-bond donors (Lipinski definition) is 1. The molecule has 0 spiro atoms. The molecule has 0 saturated carbocycles. The van der Waals surface area contributed by atoms with Crippen molar-refractivity contribution in [2.75, 3.05) is 43.1 Å². The molecule has 3 aromatic carbocycles. The topological polar surface area (TPSA) is 85.2 Å². The minimum absolute atomic E-state index is 0.132. The largest absolute Gasteiger partial charge is 0.491 e. The van der Waals surface area contributed by atoms with Crippen molar-refractivity contribution in [1.82, 2.24) is 9.38 Å². The summed E-state index contributed by atoms with van der Waals surface area (Å²) in [6.07, 6.45) is 8.64. The van der Waals surface area contributed by atoms with E-state index in [1.165, 1.54) is 0 Å². The van der Waals surface area contributed by atoms with Gasteiger partial charge in [-0.15, -0.1) is 0 Å². The number of carbonyl (C=O) groups is 1. The van der Waals surface area contributed by atoms with Crippen molar-refractivity contribution >= 4 is 39.8 Å². The molecular formula is C42H48N4O4S. The van der Waals surface area contributed by atoms with Gasteiger partial charge < -0.3 is 24.1 Å². The lowest BCUT2D eigenvalue weighted by Crippen LogP contribution is -2.29. The first-order valence-electron chi connectivity index (χ1n) is 17.9. The first kappa shape index (κ1) is 36.1. The SMILES string of the molecule is CCCCOCCOc1ccc(-c2ccc3c(c2)C=C(C(=O)Nc2ccc(S(=O)Cc4cnc5ccc(C)cn45)cc2)CCN3CC(C)C)cc1. The van der Waals surface area contributed by atoms with Gasteiger partial charge in [0.2, 0.25) is 0 Å². The normalized spacial score (nSPS) is 13.5. The van der Waals surface area contributed by atoms with E-state index < -0.39 is 10.8 Å². The van der Waals surface area contributed by atoms with E-state index in [0.29, 0.717) is 41.9 Å². The van der Waals surface area contributed by atoms with Gasteiger partial charge in [0, 0.05) is 47.7 Å². The van der Waals surface area contributed by atoms with E-state index in [0.717, 1.165) is 83.1 Å². The second-order valence-electron chi connectivity index (χ2n) is 13.5. The lowest BCUT2D eigenvalue weighted by Gasteiger charge is -2.27. The number of imidazole rings is 1. The van der Waals surface area contributed by atoms with E-state index in [9.17, 15) is 9.00 Å². The van der Waals surface area contributed by atoms with Crippen molar-refractivity contribution in [2.24, 2.45) is 5.92 Å². The Hall–Kier alpha value is -4.73. The summed E-state index contributed by atoms with van der Waals surface area (Å²) in [7, 11) is -1.26. The van der Waals surface area contributed by atoms with Crippen molar-refractivity contribution in [3.05, 3.63) is 114 Å². The quantitative estimate of drug-likeness (QED) is 0.110. The average Bonchev–Trinajstić information content (AvgIpc) is 3.42.